The van der Waals surface area contributed by atoms with Crippen molar-refractivity contribution in [3.63, 3.8) is 0 Å². The molecule has 8 nitrogen and oxygen atoms in total. The fourth-order valence-electron chi connectivity index (χ4n) is 1.75. The first-order valence-corrected chi connectivity index (χ1v) is 6.82. The Labute approximate surface area is 124 Å². The van der Waals surface area contributed by atoms with Gasteiger partial charge in [0, 0.05) is 0 Å². The van der Waals surface area contributed by atoms with Crippen molar-refractivity contribution in [1.82, 2.24) is 8.75 Å². The van der Waals surface area contributed by atoms with Crippen molar-refractivity contribution in [3.8, 4) is 0 Å². The maximum atomic E-state index is 5.73. The zero-order chi connectivity index (χ0) is 14.7. The summed E-state index contributed by atoms with van der Waals surface area (Å²) in [5, 5.41) is 13.5. The van der Waals surface area contributed by atoms with Crippen molar-refractivity contribution in [2.24, 2.45) is 26.8 Å². The van der Waals surface area contributed by atoms with Crippen molar-refractivity contribution in [3.05, 3.63) is 42.1 Å². The highest BCUT2D eigenvalue weighted by Crippen LogP contribution is 2.16. The van der Waals surface area contributed by atoms with Crippen molar-refractivity contribution in [1.29, 1.82) is 0 Å². The SMILES string of the molecule is NC1=NN=C(N)C1=NN(Cc1ccccc1)c1cnsn1. The van der Waals surface area contributed by atoms with Gasteiger partial charge in [-0.3, -0.25) is 0 Å². The van der Waals surface area contributed by atoms with Crippen LogP contribution in [0.1, 0.15) is 5.56 Å². The number of anilines is 1. The molecule has 1 aliphatic rings. The Bertz CT molecular complexity index is 684. The molecule has 2 heterocycles. The van der Waals surface area contributed by atoms with E-state index < -0.39 is 0 Å². The highest BCUT2D eigenvalue weighted by atomic mass is 32.1. The van der Waals surface area contributed by atoms with Gasteiger partial charge in [-0.25, -0.2) is 5.01 Å². The zero-order valence-corrected chi connectivity index (χ0v) is 11.7. The van der Waals surface area contributed by atoms with E-state index in [1.165, 1.54) is 0 Å². The van der Waals surface area contributed by atoms with Crippen LogP contribution in [-0.2, 0) is 6.54 Å². The molecule has 1 aromatic carbocycles. The van der Waals surface area contributed by atoms with Crippen LogP contribution >= 0.6 is 11.7 Å². The molecule has 0 saturated carbocycles. The van der Waals surface area contributed by atoms with Gasteiger partial charge in [-0.1, -0.05) is 30.3 Å². The number of aromatic nitrogens is 2. The van der Waals surface area contributed by atoms with E-state index in [2.05, 4.69) is 24.1 Å². The molecular formula is C12H12N8S. The van der Waals surface area contributed by atoms with Gasteiger partial charge in [0.1, 0.15) is 0 Å². The van der Waals surface area contributed by atoms with Gasteiger partial charge in [0.15, 0.2) is 23.2 Å². The van der Waals surface area contributed by atoms with Crippen LogP contribution in [0.4, 0.5) is 5.82 Å². The van der Waals surface area contributed by atoms with Crippen molar-refractivity contribution in [2.75, 3.05) is 5.01 Å². The van der Waals surface area contributed by atoms with E-state index in [4.69, 9.17) is 11.5 Å². The summed E-state index contributed by atoms with van der Waals surface area (Å²) in [6, 6.07) is 9.87. The van der Waals surface area contributed by atoms with Gasteiger partial charge < -0.3 is 11.5 Å². The maximum Gasteiger partial charge on any atom is 0.183 e. The number of hydrazone groups is 1. The Kier molecular flexibility index (Phi) is 3.56. The molecule has 9 heteroatoms. The van der Waals surface area contributed by atoms with Gasteiger partial charge in [-0.05, 0) is 5.56 Å². The van der Waals surface area contributed by atoms with Crippen LogP contribution in [0, 0.1) is 0 Å². The minimum Gasteiger partial charge on any atom is -0.380 e. The fraction of sp³-hybridized carbons (Fsp3) is 0.0833. The molecule has 1 aliphatic heterocycles. The second-order valence-corrected chi connectivity index (χ2v) is 4.78. The molecule has 21 heavy (non-hydrogen) atoms. The Balaban J connectivity index is 1.93. The van der Waals surface area contributed by atoms with Gasteiger partial charge in [0.25, 0.3) is 0 Å². The standard InChI is InChI=1S/C12H12N8S/c13-11-10(12(14)17-16-11)18-20(9-6-15-21-19-9)7-8-4-2-1-3-5-8/h1-6H,7H2,(H4,13,14,16,17,18). The second-order valence-electron chi connectivity index (χ2n) is 4.23. The summed E-state index contributed by atoms with van der Waals surface area (Å²) in [4.78, 5) is 0. The number of amidine groups is 2. The van der Waals surface area contributed by atoms with Crippen LogP contribution in [0.3, 0.4) is 0 Å². The smallest absolute Gasteiger partial charge is 0.183 e. The topological polar surface area (TPSA) is 118 Å². The quantitative estimate of drug-likeness (QED) is 0.799. The van der Waals surface area contributed by atoms with Gasteiger partial charge in [-0.2, -0.15) is 13.8 Å². The molecule has 0 spiro atoms. The minimum absolute atomic E-state index is 0.189. The molecule has 1 aromatic heterocycles. The average Bonchev–Trinajstić information content (AvgIpc) is 3.13. The van der Waals surface area contributed by atoms with Gasteiger partial charge in [-0.15, -0.1) is 10.2 Å². The summed E-state index contributed by atoms with van der Waals surface area (Å²) in [6.07, 6.45) is 1.63. The third-order valence-electron chi connectivity index (χ3n) is 2.76. The summed E-state index contributed by atoms with van der Waals surface area (Å²) in [5.74, 6) is 0.992. The number of nitrogens with two attached hydrogens (primary N) is 2. The van der Waals surface area contributed by atoms with Crippen LogP contribution in [0.5, 0.6) is 0 Å². The Morgan fingerprint density at radius 3 is 2.43 bits per heavy atom. The first-order valence-electron chi connectivity index (χ1n) is 6.09. The van der Waals surface area contributed by atoms with E-state index in [0.29, 0.717) is 18.1 Å². The molecule has 0 fully saturated rings. The number of hydrogen-bond acceptors (Lipinski definition) is 9. The van der Waals surface area contributed by atoms with E-state index in [1.54, 1.807) is 11.2 Å². The van der Waals surface area contributed by atoms with Gasteiger partial charge in [0.2, 0.25) is 0 Å². The lowest BCUT2D eigenvalue weighted by molar-refractivity contribution is 0.844. The molecule has 4 N–H and O–H groups in total. The highest BCUT2D eigenvalue weighted by Gasteiger charge is 2.20. The molecule has 0 bridgehead atoms. The molecule has 0 amide bonds. The predicted molar refractivity (Wildman–Crippen MR) is 83.2 cm³/mol. The lowest BCUT2D eigenvalue weighted by atomic mass is 10.2. The van der Waals surface area contributed by atoms with Crippen LogP contribution in [0.15, 0.2) is 51.8 Å². The third-order valence-corrected chi connectivity index (χ3v) is 3.23. The molecule has 0 aliphatic carbocycles. The normalized spacial score (nSPS) is 13.8. The molecule has 0 radical (unpaired) electrons. The second kappa shape index (κ2) is 5.67. The predicted octanol–water partition coefficient (Wildman–Crippen LogP) is 0.544. The Hall–Kier alpha value is -2.81. The molecule has 0 saturated heterocycles. The van der Waals surface area contributed by atoms with Gasteiger partial charge in [0.05, 0.1) is 24.5 Å². The zero-order valence-electron chi connectivity index (χ0n) is 10.9. The fourth-order valence-corrected chi connectivity index (χ4v) is 2.17. The Morgan fingerprint density at radius 2 is 1.81 bits per heavy atom. The van der Waals surface area contributed by atoms with Crippen LogP contribution in [0.25, 0.3) is 0 Å². The molecule has 106 valence electrons. The van der Waals surface area contributed by atoms with Crippen LogP contribution < -0.4 is 16.5 Å². The largest absolute Gasteiger partial charge is 0.380 e. The first-order chi connectivity index (χ1) is 10.2. The van der Waals surface area contributed by atoms with E-state index in [9.17, 15) is 0 Å². The number of rotatable bonds is 4. The van der Waals surface area contributed by atoms with E-state index in [0.717, 1.165) is 17.3 Å². The summed E-state index contributed by atoms with van der Waals surface area (Å²) in [7, 11) is 0. The van der Waals surface area contributed by atoms with Crippen LogP contribution in [-0.4, -0.2) is 26.1 Å². The molecular weight excluding hydrogens is 288 g/mol. The molecule has 0 unspecified atom stereocenters. The summed E-state index contributed by atoms with van der Waals surface area (Å²) < 4.78 is 8.19. The summed E-state index contributed by atoms with van der Waals surface area (Å²) in [6.45, 7) is 0.510. The molecule has 2 aromatic rings. The lowest BCUT2D eigenvalue weighted by Gasteiger charge is -2.17. The van der Waals surface area contributed by atoms with E-state index in [1.807, 2.05) is 30.3 Å². The Morgan fingerprint density at radius 1 is 1.10 bits per heavy atom. The van der Waals surface area contributed by atoms with Crippen molar-refractivity contribution >= 4 is 34.9 Å². The number of benzene rings is 1. The van der Waals surface area contributed by atoms with Crippen molar-refractivity contribution < 1.29 is 0 Å². The molecule has 3 rings (SSSR count). The average molecular weight is 300 g/mol. The van der Waals surface area contributed by atoms with Crippen molar-refractivity contribution in [2.45, 2.75) is 6.54 Å². The van der Waals surface area contributed by atoms with Crippen LogP contribution in [0.2, 0.25) is 0 Å². The monoisotopic (exact) mass is 300 g/mol. The number of hydrogen-bond donors (Lipinski definition) is 2. The maximum absolute atomic E-state index is 5.73. The van der Waals surface area contributed by atoms with Gasteiger partial charge >= 0.3 is 0 Å². The van der Waals surface area contributed by atoms with E-state index in [-0.39, 0.29) is 11.7 Å². The molecule has 0 atom stereocenters. The minimum atomic E-state index is 0.189. The summed E-state index contributed by atoms with van der Waals surface area (Å²) in [5.41, 5.74) is 12.9. The third kappa shape index (κ3) is 2.87. The number of nitrogens with zero attached hydrogens (tertiary/aromatic N) is 6. The summed E-state index contributed by atoms with van der Waals surface area (Å²) >= 11 is 1.10. The van der Waals surface area contributed by atoms with E-state index >= 15 is 0 Å². The highest BCUT2D eigenvalue weighted by molar-refractivity contribution is 6.99. The first kappa shape index (κ1) is 13.2. The lowest BCUT2D eigenvalue weighted by Crippen LogP contribution is -2.35.